The van der Waals surface area contributed by atoms with Gasteiger partial charge in [0.1, 0.15) is 18.3 Å². The molecule has 4 aromatic carbocycles. The number of nitro groups is 1. The number of ether oxygens (including phenoxy) is 1. The van der Waals surface area contributed by atoms with Gasteiger partial charge in [0.05, 0.1) is 22.6 Å². The Morgan fingerprint density at radius 3 is 2.30 bits per heavy atom. The average Bonchev–Trinajstić information content (AvgIpc) is 3.05. The van der Waals surface area contributed by atoms with E-state index in [4.69, 9.17) is 16.3 Å². The number of halogens is 2. The summed E-state index contributed by atoms with van der Waals surface area (Å²) in [5, 5.41) is 14.5. The number of aryl methyl sites for hydroxylation is 1. The van der Waals surface area contributed by atoms with Crippen LogP contribution in [-0.4, -0.2) is 56.8 Å². The molecule has 0 heterocycles. The molecule has 0 spiro atoms. The van der Waals surface area contributed by atoms with Crippen LogP contribution in [0.2, 0.25) is 5.02 Å². The van der Waals surface area contributed by atoms with Crippen LogP contribution in [-0.2, 0) is 32.6 Å². The number of nitrogens with one attached hydrogen (secondary N) is 1. The number of nitrogens with zero attached hydrogens (tertiary/aromatic N) is 3. The van der Waals surface area contributed by atoms with Crippen molar-refractivity contribution in [3.8, 4) is 5.75 Å². The summed E-state index contributed by atoms with van der Waals surface area (Å²) in [7, 11) is -1.87. The van der Waals surface area contributed by atoms with Crippen LogP contribution in [0, 0.1) is 17.0 Å². The number of hydrogen-bond acceptors (Lipinski definition) is 7. The highest BCUT2D eigenvalue weighted by atomic mass is 79.9. The molecular formula is C33H32BrClN4O7S. The number of methoxy groups -OCH3 is 1. The zero-order valence-corrected chi connectivity index (χ0v) is 28.9. The second-order valence-corrected chi connectivity index (χ2v) is 13.7. The van der Waals surface area contributed by atoms with Crippen molar-refractivity contribution in [2.45, 2.75) is 30.8 Å². The van der Waals surface area contributed by atoms with Gasteiger partial charge in [0.15, 0.2) is 0 Å². The normalized spacial score (nSPS) is 11.8. The van der Waals surface area contributed by atoms with E-state index in [1.807, 2.05) is 30.3 Å². The van der Waals surface area contributed by atoms with Crippen LogP contribution in [0.25, 0.3) is 0 Å². The number of anilines is 1. The van der Waals surface area contributed by atoms with E-state index in [0.29, 0.717) is 5.56 Å². The highest BCUT2D eigenvalue weighted by molar-refractivity contribution is 9.10. The third-order valence-corrected chi connectivity index (χ3v) is 9.96. The standard InChI is InChI=1S/C33H32BrClN4O7S/c1-22-9-15-27(19-28(22)39(42)43)47(44,45)38(29-18-26(35)14-16-31(29)46-3)21-32(40)37(20-24-10-12-25(34)13-11-24)30(33(41)36-2)17-23-7-5-4-6-8-23/h4-16,18-19,30H,17,20-21H2,1-3H3,(H,36,41)/t30-/m0/s1. The summed E-state index contributed by atoms with van der Waals surface area (Å²) in [5.74, 6) is -1.09. The number of sulfonamides is 1. The Morgan fingerprint density at radius 2 is 1.68 bits per heavy atom. The number of carbonyl (C=O) groups is 2. The molecule has 0 aliphatic carbocycles. The smallest absolute Gasteiger partial charge is 0.273 e. The molecule has 4 rings (SSSR count). The van der Waals surface area contributed by atoms with E-state index in [1.165, 1.54) is 56.3 Å². The Hall–Kier alpha value is -4.46. The number of likely N-dealkylation sites (N-methyl/N-ethyl adjacent to an activating group) is 1. The van der Waals surface area contributed by atoms with E-state index in [1.54, 1.807) is 24.3 Å². The van der Waals surface area contributed by atoms with Crippen LogP contribution in [0.15, 0.2) is 100 Å². The van der Waals surface area contributed by atoms with Crippen LogP contribution < -0.4 is 14.4 Å². The Balaban J connectivity index is 1.87. The number of rotatable bonds is 13. The SMILES string of the molecule is CNC(=O)[C@H](Cc1ccccc1)N(Cc1ccc(Br)cc1)C(=O)CN(c1cc(Cl)ccc1OC)S(=O)(=O)c1ccc(C)c([N+](=O)[O-])c1. The summed E-state index contributed by atoms with van der Waals surface area (Å²) in [6.45, 7) is 0.661. The molecular weight excluding hydrogens is 712 g/mol. The number of amides is 2. The van der Waals surface area contributed by atoms with Gasteiger partial charge in [-0.3, -0.25) is 24.0 Å². The van der Waals surface area contributed by atoms with Crippen molar-refractivity contribution in [2.24, 2.45) is 0 Å². The van der Waals surface area contributed by atoms with Gasteiger partial charge in [0.25, 0.3) is 15.7 Å². The largest absolute Gasteiger partial charge is 0.495 e. The predicted molar refractivity (Wildman–Crippen MR) is 183 cm³/mol. The second kappa shape index (κ2) is 15.4. The quantitative estimate of drug-likeness (QED) is 0.133. The third-order valence-electron chi connectivity index (χ3n) is 7.44. The van der Waals surface area contributed by atoms with Crippen LogP contribution in [0.5, 0.6) is 5.75 Å². The molecule has 0 aliphatic heterocycles. The van der Waals surface area contributed by atoms with Gasteiger partial charge in [-0.05, 0) is 54.4 Å². The minimum absolute atomic E-state index is 0.0341. The summed E-state index contributed by atoms with van der Waals surface area (Å²) in [6.07, 6.45) is 0.139. The second-order valence-electron chi connectivity index (χ2n) is 10.5. The molecule has 14 heteroatoms. The van der Waals surface area contributed by atoms with Crippen LogP contribution in [0.3, 0.4) is 0 Å². The molecule has 4 aromatic rings. The molecule has 47 heavy (non-hydrogen) atoms. The maximum Gasteiger partial charge on any atom is 0.273 e. The lowest BCUT2D eigenvalue weighted by Crippen LogP contribution is -2.53. The molecule has 0 aliphatic rings. The predicted octanol–water partition coefficient (Wildman–Crippen LogP) is 5.91. The summed E-state index contributed by atoms with van der Waals surface area (Å²) < 4.78 is 35.8. The Bertz CT molecular complexity index is 1880. The van der Waals surface area contributed by atoms with E-state index in [0.717, 1.165) is 20.4 Å². The fraction of sp³-hybridized carbons (Fsp3) is 0.212. The van der Waals surface area contributed by atoms with Crippen molar-refractivity contribution in [1.82, 2.24) is 10.2 Å². The van der Waals surface area contributed by atoms with E-state index in [-0.39, 0.29) is 35.0 Å². The van der Waals surface area contributed by atoms with Crippen molar-refractivity contribution in [3.63, 3.8) is 0 Å². The third kappa shape index (κ3) is 8.47. The molecule has 0 bridgehead atoms. The maximum absolute atomic E-state index is 14.5. The van der Waals surface area contributed by atoms with Gasteiger partial charge in [0.2, 0.25) is 11.8 Å². The zero-order valence-electron chi connectivity index (χ0n) is 25.7. The number of hydrogen-bond donors (Lipinski definition) is 1. The van der Waals surface area contributed by atoms with Crippen molar-refractivity contribution >= 4 is 60.7 Å². The zero-order chi connectivity index (χ0) is 34.3. The molecule has 11 nitrogen and oxygen atoms in total. The van der Waals surface area contributed by atoms with Gasteiger partial charge >= 0.3 is 0 Å². The molecule has 1 N–H and O–H groups in total. The lowest BCUT2D eigenvalue weighted by Gasteiger charge is -2.34. The number of carbonyl (C=O) groups excluding carboxylic acids is 2. The fourth-order valence-electron chi connectivity index (χ4n) is 4.95. The number of nitro benzene ring substituents is 1. The molecule has 0 saturated carbocycles. The van der Waals surface area contributed by atoms with Crippen molar-refractivity contribution in [3.05, 3.63) is 127 Å². The van der Waals surface area contributed by atoms with Crippen LogP contribution >= 0.6 is 27.5 Å². The minimum Gasteiger partial charge on any atom is -0.495 e. The van der Waals surface area contributed by atoms with Gasteiger partial charge < -0.3 is 15.0 Å². The lowest BCUT2D eigenvalue weighted by atomic mass is 10.0. The topological polar surface area (TPSA) is 139 Å². The molecule has 1 atom stereocenters. The lowest BCUT2D eigenvalue weighted by molar-refractivity contribution is -0.385. The van der Waals surface area contributed by atoms with Crippen molar-refractivity contribution < 1.29 is 27.7 Å². The molecule has 0 fully saturated rings. The first kappa shape index (κ1) is 35.4. The van der Waals surface area contributed by atoms with Gasteiger partial charge in [-0.1, -0.05) is 76.1 Å². The van der Waals surface area contributed by atoms with Gasteiger partial charge in [0, 0.05) is 41.1 Å². The molecule has 2 amide bonds. The summed E-state index contributed by atoms with van der Waals surface area (Å²) in [6, 6.07) is 23.0. The van der Waals surface area contributed by atoms with E-state index >= 15 is 0 Å². The van der Waals surface area contributed by atoms with Gasteiger partial charge in [-0.15, -0.1) is 0 Å². The Labute approximate surface area is 286 Å². The molecule has 0 aromatic heterocycles. The molecule has 0 saturated heterocycles. The van der Waals surface area contributed by atoms with Crippen LogP contribution in [0.1, 0.15) is 16.7 Å². The Morgan fingerprint density at radius 1 is 1.00 bits per heavy atom. The molecule has 0 unspecified atom stereocenters. The summed E-state index contributed by atoms with van der Waals surface area (Å²) >= 11 is 9.71. The van der Waals surface area contributed by atoms with Gasteiger partial charge in [-0.25, -0.2) is 8.42 Å². The summed E-state index contributed by atoms with van der Waals surface area (Å²) in [5.41, 5.74) is 1.25. The van der Waals surface area contributed by atoms with Crippen molar-refractivity contribution in [1.29, 1.82) is 0 Å². The first-order valence-electron chi connectivity index (χ1n) is 14.3. The molecule has 246 valence electrons. The maximum atomic E-state index is 14.5. The highest BCUT2D eigenvalue weighted by Gasteiger charge is 2.36. The van der Waals surface area contributed by atoms with E-state index in [9.17, 15) is 28.1 Å². The van der Waals surface area contributed by atoms with E-state index in [2.05, 4.69) is 21.2 Å². The monoisotopic (exact) mass is 742 g/mol. The number of benzene rings is 4. The molecule has 0 radical (unpaired) electrons. The fourth-order valence-corrected chi connectivity index (χ4v) is 6.82. The first-order chi connectivity index (χ1) is 22.3. The first-order valence-corrected chi connectivity index (χ1v) is 16.9. The van der Waals surface area contributed by atoms with Crippen LogP contribution in [0.4, 0.5) is 11.4 Å². The highest BCUT2D eigenvalue weighted by Crippen LogP contribution is 2.36. The average molecular weight is 744 g/mol. The van der Waals surface area contributed by atoms with Crippen molar-refractivity contribution in [2.75, 3.05) is 25.0 Å². The minimum atomic E-state index is -4.66. The van der Waals surface area contributed by atoms with E-state index < -0.39 is 49.9 Å². The Kier molecular flexibility index (Phi) is 11.6. The van der Waals surface area contributed by atoms with Gasteiger partial charge in [-0.2, -0.15) is 0 Å². The summed E-state index contributed by atoms with van der Waals surface area (Å²) in [4.78, 5) is 39.9.